The Bertz CT molecular complexity index is 348. The molecule has 4 nitrogen and oxygen atoms in total. The molecule has 0 saturated heterocycles. The van der Waals surface area contributed by atoms with Crippen LogP contribution in [0.4, 0.5) is 0 Å². The van der Waals surface area contributed by atoms with E-state index < -0.39 is 0 Å². The number of hydrazine groups is 1. The third-order valence-corrected chi connectivity index (χ3v) is 4.14. The molecule has 21 heavy (non-hydrogen) atoms. The number of aryl methyl sites for hydroxylation is 1. The quantitative estimate of drug-likeness (QED) is 0.325. The molecule has 1 heterocycles. The lowest BCUT2D eigenvalue weighted by Gasteiger charge is -2.13. The van der Waals surface area contributed by atoms with Gasteiger partial charge in [-0.15, -0.1) is 0 Å². The monoisotopic (exact) mass is 294 g/mol. The van der Waals surface area contributed by atoms with Crippen molar-refractivity contribution in [3.63, 3.8) is 0 Å². The largest absolute Gasteiger partial charge is 0.275 e. The minimum absolute atomic E-state index is 0.195. The first-order valence-corrected chi connectivity index (χ1v) is 8.73. The number of rotatable bonds is 13. The lowest BCUT2D eigenvalue weighted by molar-refractivity contribution is 0.462. The van der Waals surface area contributed by atoms with Gasteiger partial charge in [-0.1, -0.05) is 71.1 Å². The number of nitrogens with zero attached hydrogens (tertiary/aromatic N) is 2. The van der Waals surface area contributed by atoms with E-state index in [1.807, 2.05) is 24.0 Å². The maximum absolute atomic E-state index is 5.64. The number of hydrogen-bond donors (Lipinski definition) is 2. The van der Waals surface area contributed by atoms with Crippen molar-refractivity contribution in [3.05, 3.63) is 18.0 Å². The van der Waals surface area contributed by atoms with Gasteiger partial charge in [-0.2, -0.15) is 5.10 Å². The molecule has 1 atom stereocenters. The minimum Gasteiger partial charge on any atom is -0.275 e. The maximum atomic E-state index is 5.64. The van der Waals surface area contributed by atoms with Gasteiger partial charge in [-0.3, -0.25) is 16.0 Å². The van der Waals surface area contributed by atoms with Crippen LogP contribution in [0.25, 0.3) is 0 Å². The number of hydrogen-bond acceptors (Lipinski definition) is 3. The molecular weight excluding hydrogens is 260 g/mol. The Hall–Kier alpha value is -0.870. The minimum atomic E-state index is 0.195. The average molecular weight is 294 g/mol. The van der Waals surface area contributed by atoms with Crippen molar-refractivity contribution in [1.82, 2.24) is 15.2 Å². The van der Waals surface area contributed by atoms with Gasteiger partial charge < -0.3 is 0 Å². The van der Waals surface area contributed by atoms with Gasteiger partial charge in [0.25, 0.3) is 0 Å². The van der Waals surface area contributed by atoms with Crippen LogP contribution < -0.4 is 11.3 Å². The zero-order valence-electron chi connectivity index (χ0n) is 14.0. The lowest BCUT2D eigenvalue weighted by Crippen LogP contribution is -2.28. The topological polar surface area (TPSA) is 55.9 Å². The van der Waals surface area contributed by atoms with Crippen LogP contribution in [-0.2, 0) is 7.05 Å². The Morgan fingerprint density at radius 2 is 1.62 bits per heavy atom. The molecule has 122 valence electrons. The fraction of sp³-hybridized carbons (Fsp3) is 0.824. The third kappa shape index (κ3) is 8.22. The number of nitrogens with one attached hydrogen (secondary N) is 1. The van der Waals surface area contributed by atoms with Crippen LogP contribution in [0.5, 0.6) is 0 Å². The predicted molar refractivity (Wildman–Crippen MR) is 89.7 cm³/mol. The molecule has 0 spiro atoms. The van der Waals surface area contributed by atoms with E-state index in [9.17, 15) is 0 Å². The Kier molecular flexibility index (Phi) is 10.2. The number of aromatic nitrogens is 2. The van der Waals surface area contributed by atoms with Gasteiger partial charge in [0.05, 0.1) is 11.7 Å². The summed E-state index contributed by atoms with van der Waals surface area (Å²) in [6.07, 6.45) is 16.7. The highest BCUT2D eigenvalue weighted by atomic mass is 15.3. The fourth-order valence-corrected chi connectivity index (χ4v) is 2.77. The molecule has 0 fully saturated rings. The molecule has 1 aromatic heterocycles. The van der Waals surface area contributed by atoms with Crippen molar-refractivity contribution in [1.29, 1.82) is 0 Å². The molecule has 0 bridgehead atoms. The molecular formula is C17H34N4. The van der Waals surface area contributed by atoms with Gasteiger partial charge in [-0.05, 0) is 12.5 Å². The second-order valence-corrected chi connectivity index (χ2v) is 6.10. The highest BCUT2D eigenvalue weighted by Crippen LogP contribution is 2.18. The molecule has 0 amide bonds. The summed E-state index contributed by atoms with van der Waals surface area (Å²) >= 11 is 0. The molecule has 0 aliphatic rings. The van der Waals surface area contributed by atoms with Gasteiger partial charge >= 0.3 is 0 Å². The first-order valence-electron chi connectivity index (χ1n) is 8.73. The Balaban J connectivity index is 1.98. The predicted octanol–water partition coefficient (Wildman–Crippen LogP) is 4.24. The van der Waals surface area contributed by atoms with Gasteiger partial charge in [0, 0.05) is 13.2 Å². The zero-order chi connectivity index (χ0) is 15.3. The Labute approximate surface area is 130 Å². The van der Waals surface area contributed by atoms with Gasteiger partial charge in [0.2, 0.25) is 0 Å². The van der Waals surface area contributed by atoms with Crippen LogP contribution in [0.15, 0.2) is 12.3 Å². The van der Waals surface area contributed by atoms with E-state index in [0.29, 0.717) is 0 Å². The molecule has 0 saturated carbocycles. The van der Waals surface area contributed by atoms with E-state index in [1.165, 1.54) is 64.2 Å². The van der Waals surface area contributed by atoms with Crippen molar-refractivity contribution >= 4 is 0 Å². The molecule has 1 unspecified atom stereocenters. The van der Waals surface area contributed by atoms with Crippen LogP contribution in [0.1, 0.15) is 89.3 Å². The summed E-state index contributed by atoms with van der Waals surface area (Å²) in [5.41, 5.74) is 3.94. The van der Waals surface area contributed by atoms with Crippen molar-refractivity contribution in [2.45, 2.75) is 83.6 Å². The van der Waals surface area contributed by atoms with Crippen molar-refractivity contribution in [2.75, 3.05) is 0 Å². The maximum Gasteiger partial charge on any atom is 0.0807 e. The van der Waals surface area contributed by atoms with Crippen LogP contribution in [0.3, 0.4) is 0 Å². The van der Waals surface area contributed by atoms with Gasteiger partial charge in [0.1, 0.15) is 0 Å². The normalized spacial score (nSPS) is 12.7. The smallest absolute Gasteiger partial charge is 0.0807 e. The first kappa shape index (κ1) is 18.2. The Morgan fingerprint density at radius 3 is 2.10 bits per heavy atom. The molecule has 3 N–H and O–H groups in total. The van der Waals surface area contributed by atoms with Crippen LogP contribution in [-0.4, -0.2) is 9.78 Å². The highest BCUT2D eigenvalue weighted by molar-refractivity contribution is 5.04. The molecule has 4 heteroatoms. The van der Waals surface area contributed by atoms with Gasteiger partial charge in [0.15, 0.2) is 0 Å². The van der Waals surface area contributed by atoms with E-state index in [1.54, 1.807) is 0 Å². The summed E-state index contributed by atoms with van der Waals surface area (Å²) < 4.78 is 1.83. The molecule has 0 aliphatic carbocycles. The zero-order valence-corrected chi connectivity index (χ0v) is 14.0. The molecule has 0 aliphatic heterocycles. The molecule has 0 radical (unpaired) electrons. The Morgan fingerprint density at radius 1 is 1.05 bits per heavy atom. The average Bonchev–Trinajstić information content (AvgIpc) is 2.91. The van der Waals surface area contributed by atoms with E-state index >= 15 is 0 Å². The van der Waals surface area contributed by atoms with Gasteiger partial charge in [-0.25, -0.2) is 0 Å². The fourth-order valence-electron chi connectivity index (χ4n) is 2.77. The van der Waals surface area contributed by atoms with E-state index in [-0.39, 0.29) is 6.04 Å². The molecule has 1 aromatic rings. The second kappa shape index (κ2) is 11.8. The number of unbranched alkanes of at least 4 members (excludes halogenated alkanes) is 9. The first-order chi connectivity index (χ1) is 10.3. The highest BCUT2D eigenvalue weighted by Gasteiger charge is 2.11. The standard InChI is InChI=1S/C17H34N4/c1-3-4-5-6-7-8-9-10-11-12-13-16(19-18)17-14-15-21(2)20-17/h14-16,19H,3-13,18H2,1-2H3. The van der Waals surface area contributed by atoms with E-state index in [2.05, 4.69) is 17.4 Å². The number of nitrogens with two attached hydrogens (primary N) is 1. The van der Waals surface area contributed by atoms with Crippen LogP contribution in [0, 0.1) is 0 Å². The van der Waals surface area contributed by atoms with Crippen LogP contribution >= 0.6 is 0 Å². The summed E-state index contributed by atoms with van der Waals surface area (Å²) in [6.45, 7) is 2.27. The molecule has 0 aromatic carbocycles. The van der Waals surface area contributed by atoms with E-state index in [4.69, 9.17) is 5.84 Å². The summed E-state index contributed by atoms with van der Waals surface area (Å²) in [7, 11) is 1.94. The van der Waals surface area contributed by atoms with E-state index in [0.717, 1.165) is 12.1 Å². The summed E-state index contributed by atoms with van der Waals surface area (Å²) in [4.78, 5) is 0. The molecule has 1 rings (SSSR count). The van der Waals surface area contributed by atoms with Crippen molar-refractivity contribution in [3.8, 4) is 0 Å². The second-order valence-electron chi connectivity index (χ2n) is 6.10. The third-order valence-electron chi connectivity index (χ3n) is 4.14. The summed E-state index contributed by atoms with van der Waals surface area (Å²) in [6, 6.07) is 2.24. The SMILES string of the molecule is CCCCCCCCCCCCC(NN)c1ccn(C)n1. The lowest BCUT2D eigenvalue weighted by atomic mass is 10.0. The summed E-state index contributed by atoms with van der Waals surface area (Å²) in [5.74, 6) is 5.64. The van der Waals surface area contributed by atoms with Crippen molar-refractivity contribution < 1.29 is 0 Å². The van der Waals surface area contributed by atoms with Crippen molar-refractivity contribution in [2.24, 2.45) is 12.9 Å². The summed E-state index contributed by atoms with van der Waals surface area (Å²) in [5, 5.41) is 4.42. The van der Waals surface area contributed by atoms with Crippen LogP contribution in [0.2, 0.25) is 0 Å².